The Hall–Kier alpha value is -0.890. The van der Waals surface area contributed by atoms with Crippen molar-refractivity contribution in [2.24, 2.45) is 0 Å². The molecule has 1 heterocycles. The average Bonchev–Trinajstić information content (AvgIpc) is 2.33. The first-order chi connectivity index (χ1) is 8.16. The molecule has 0 bridgehead atoms. The smallest absolute Gasteiger partial charge is 0.270 e. The van der Waals surface area contributed by atoms with Crippen molar-refractivity contribution in [3.05, 3.63) is 31.9 Å². The zero-order valence-electron chi connectivity index (χ0n) is 9.28. The number of halogens is 1. The van der Waals surface area contributed by atoms with Gasteiger partial charge in [0.2, 0.25) is 0 Å². The highest BCUT2D eigenvalue weighted by Crippen LogP contribution is 2.24. The normalized spacial score (nSPS) is 19.9. The van der Waals surface area contributed by atoms with Crippen LogP contribution in [0.15, 0.2) is 18.2 Å². The molecule has 2 rings (SSSR count). The lowest BCUT2D eigenvalue weighted by Gasteiger charge is -2.25. The molecule has 1 aromatic carbocycles. The lowest BCUT2D eigenvalue weighted by molar-refractivity contribution is -0.384. The highest BCUT2D eigenvalue weighted by Gasteiger charge is 2.15. The maximum absolute atomic E-state index is 10.6. The fourth-order valence-electron chi connectivity index (χ4n) is 1.93. The van der Waals surface area contributed by atoms with Crippen LogP contribution in [-0.2, 0) is 0 Å². The van der Waals surface area contributed by atoms with Gasteiger partial charge in [0.25, 0.3) is 5.69 Å². The molecule has 0 aliphatic carbocycles. The molecule has 92 valence electrons. The van der Waals surface area contributed by atoms with E-state index in [9.17, 15) is 10.1 Å². The number of hydrogen-bond acceptors (Lipinski definition) is 4. The van der Waals surface area contributed by atoms with E-state index in [1.165, 1.54) is 6.42 Å². The van der Waals surface area contributed by atoms with E-state index in [-0.39, 0.29) is 10.6 Å². The van der Waals surface area contributed by atoms with E-state index in [0.29, 0.717) is 6.04 Å². The SMILES string of the molecule is O=[N+]([O-])c1ccc(NC2CCCNC2)c(I)c1. The molecular weight excluding hydrogens is 333 g/mol. The van der Waals surface area contributed by atoms with Crippen molar-refractivity contribution in [3.63, 3.8) is 0 Å². The molecule has 1 fully saturated rings. The summed E-state index contributed by atoms with van der Waals surface area (Å²) in [7, 11) is 0. The monoisotopic (exact) mass is 347 g/mol. The molecule has 1 aliphatic rings. The van der Waals surface area contributed by atoms with E-state index in [0.717, 1.165) is 28.8 Å². The van der Waals surface area contributed by atoms with Crippen LogP contribution < -0.4 is 10.6 Å². The van der Waals surface area contributed by atoms with Crippen LogP contribution in [0.5, 0.6) is 0 Å². The number of anilines is 1. The minimum atomic E-state index is -0.367. The summed E-state index contributed by atoms with van der Waals surface area (Å²) in [6.07, 6.45) is 2.31. The largest absolute Gasteiger partial charge is 0.380 e. The standard InChI is InChI=1S/C11H14IN3O2/c12-10-6-9(15(16)17)3-4-11(10)14-8-2-1-5-13-7-8/h3-4,6,8,13-14H,1-2,5,7H2. The van der Waals surface area contributed by atoms with E-state index in [4.69, 9.17) is 0 Å². The van der Waals surface area contributed by atoms with Crippen molar-refractivity contribution in [1.29, 1.82) is 0 Å². The number of nitro benzene ring substituents is 1. The molecule has 1 unspecified atom stereocenters. The maximum Gasteiger partial charge on any atom is 0.270 e. The van der Waals surface area contributed by atoms with Crippen molar-refractivity contribution in [2.45, 2.75) is 18.9 Å². The Balaban J connectivity index is 2.08. The number of non-ortho nitro benzene ring substituents is 1. The average molecular weight is 347 g/mol. The lowest BCUT2D eigenvalue weighted by Crippen LogP contribution is -2.38. The molecule has 2 N–H and O–H groups in total. The molecule has 1 aromatic rings. The van der Waals surface area contributed by atoms with Gasteiger partial charge in [0.15, 0.2) is 0 Å². The van der Waals surface area contributed by atoms with Gasteiger partial charge in [-0.3, -0.25) is 10.1 Å². The van der Waals surface area contributed by atoms with E-state index in [1.807, 2.05) is 0 Å². The first kappa shape index (κ1) is 12.6. The Labute approximate surface area is 113 Å². The molecule has 0 saturated carbocycles. The van der Waals surface area contributed by atoms with E-state index < -0.39 is 0 Å². The third-order valence-corrected chi connectivity index (χ3v) is 3.71. The summed E-state index contributed by atoms with van der Waals surface area (Å²) < 4.78 is 0.891. The number of benzene rings is 1. The Kier molecular flexibility index (Phi) is 4.16. The van der Waals surface area contributed by atoms with Crippen LogP contribution in [0.1, 0.15) is 12.8 Å². The van der Waals surface area contributed by atoms with Crippen molar-refractivity contribution >= 4 is 34.0 Å². The van der Waals surface area contributed by atoms with Crippen LogP contribution in [0.25, 0.3) is 0 Å². The number of nitro groups is 1. The number of nitrogens with one attached hydrogen (secondary N) is 2. The predicted molar refractivity (Wildman–Crippen MR) is 75.3 cm³/mol. The molecule has 1 atom stereocenters. The Bertz CT molecular complexity index is 419. The van der Waals surface area contributed by atoms with Crippen molar-refractivity contribution in [3.8, 4) is 0 Å². The molecule has 0 amide bonds. The second-order valence-corrected chi connectivity index (χ2v) is 5.27. The predicted octanol–water partition coefficient (Wildman–Crippen LogP) is 2.36. The lowest BCUT2D eigenvalue weighted by atomic mass is 10.1. The molecule has 17 heavy (non-hydrogen) atoms. The van der Waals surface area contributed by atoms with Crippen molar-refractivity contribution < 1.29 is 4.92 Å². The van der Waals surface area contributed by atoms with E-state index in [2.05, 4.69) is 33.2 Å². The minimum Gasteiger partial charge on any atom is -0.380 e. The van der Waals surface area contributed by atoms with Crippen LogP contribution in [0.3, 0.4) is 0 Å². The zero-order chi connectivity index (χ0) is 12.3. The summed E-state index contributed by atoms with van der Waals surface area (Å²) in [5.74, 6) is 0. The van der Waals surface area contributed by atoms with Crippen LogP contribution in [0.4, 0.5) is 11.4 Å². The fraction of sp³-hybridized carbons (Fsp3) is 0.455. The Morgan fingerprint density at radius 3 is 2.94 bits per heavy atom. The van der Waals surface area contributed by atoms with E-state index >= 15 is 0 Å². The van der Waals surface area contributed by atoms with Crippen LogP contribution in [-0.4, -0.2) is 24.1 Å². The highest BCUT2D eigenvalue weighted by molar-refractivity contribution is 14.1. The van der Waals surface area contributed by atoms with Crippen molar-refractivity contribution in [1.82, 2.24) is 5.32 Å². The van der Waals surface area contributed by atoms with Crippen LogP contribution >= 0.6 is 22.6 Å². The fourth-order valence-corrected chi connectivity index (χ4v) is 2.58. The van der Waals surface area contributed by atoms with Crippen molar-refractivity contribution in [2.75, 3.05) is 18.4 Å². The summed E-state index contributed by atoms with van der Waals surface area (Å²) in [4.78, 5) is 10.3. The van der Waals surface area contributed by atoms with Gasteiger partial charge in [-0.2, -0.15) is 0 Å². The first-order valence-electron chi connectivity index (χ1n) is 5.58. The summed E-state index contributed by atoms with van der Waals surface area (Å²) in [6.45, 7) is 2.03. The molecule has 0 spiro atoms. The molecular formula is C11H14IN3O2. The summed E-state index contributed by atoms with van der Waals surface area (Å²) in [6, 6.07) is 5.34. The van der Waals surface area contributed by atoms with Gasteiger partial charge < -0.3 is 10.6 Å². The van der Waals surface area contributed by atoms with Gasteiger partial charge in [-0.25, -0.2) is 0 Å². The first-order valence-corrected chi connectivity index (χ1v) is 6.66. The molecule has 0 radical (unpaired) electrons. The molecule has 0 aromatic heterocycles. The molecule has 5 nitrogen and oxygen atoms in total. The van der Waals surface area contributed by atoms with Gasteiger partial charge in [0.1, 0.15) is 0 Å². The number of rotatable bonds is 3. The summed E-state index contributed by atoms with van der Waals surface area (Å²) in [5, 5.41) is 17.4. The molecule has 1 saturated heterocycles. The van der Waals surface area contributed by atoms with Gasteiger partial charge in [-0.05, 0) is 48.0 Å². The third-order valence-electron chi connectivity index (χ3n) is 2.82. The number of hydrogen-bond donors (Lipinski definition) is 2. The van der Waals surface area contributed by atoms with Crippen LogP contribution in [0, 0.1) is 13.7 Å². The summed E-state index contributed by atoms with van der Waals surface area (Å²) >= 11 is 2.13. The van der Waals surface area contributed by atoms with Gasteiger partial charge in [0, 0.05) is 34.0 Å². The van der Waals surface area contributed by atoms with Gasteiger partial charge in [-0.1, -0.05) is 0 Å². The van der Waals surface area contributed by atoms with Gasteiger partial charge >= 0.3 is 0 Å². The van der Waals surface area contributed by atoms with Gasteiger partial charge in [-0.15, -0.1) is 0 Å². The number of piperidine rings is 1. The van der Waals surface area contributed by atoms with E-state index in [1.54, 1.807) is 18.2 Å². The zero-order valence-corrected chi connectivity index (χ0v) is 11.4. The Morgan fingerprint density at radius 1 is 1.53 bits per heavy atom. The quantitative estimate of drug-likeness (QED) is 0.501. The maximum atomic E-state index is 10.6. The second kappa shape index (κ2) is 5.63. The van der Waals surface area contributed by atoms with Gasteiger partial charge in [0.05, 0.1) is 4.92 Å². The van der Waals surface area contributed by atoms with Crippen LogP contribution in [0.2, 0.25) is 0 Å². The minimum absolute atomic E-state index is 0.140. The second-order valence-electron chi connectivity index (χ2n) is 4.11. The molecule has 1 aliphatic heterocycles. The third kappa shape index (κ3) is 3.29. The molecule has 6 heteroatoms. The summed E-state index contributed by atoms with van der Waals surface area (Å²) in [5.41, 5.74) is 1.12. The Morgan fingerprint density at radius 2 is 2.35 bits per heavy atom. The highest BCUT2D eigenvalue weighted by atomic mass is 127. The topological polar surface area (TPSA) is 67.2 Å². The number of nitrogens with zero attached hydrogens (tertiary/aromatic N) is 1.